The fourth-order valence-electron chi connectivity index (χ4n) is 3.30. The second kappa shape index (κ2) is 8.25. The Morgan fingerprint density at radius 3 is 2.46 bits per heavy atom. The number of aromatic nitrogens is 2. The normalized spacial score (nSPS) is 18.1. The maximum Gasteiger partial charge on any atom is 0.192 e. The van der Waals surface area contributed by atoms with E-state index in [-0.39, 0.29) is 5.04 Å². The number of nitrogens with zero attached hydrogens (tertiary/aromatic N) is 2. The van der Waals surface area contributed by atoms with Crippen LogP contribution in [0.3, 0.4) is 0 Å². The van der Waals surface area contributed by atoms with Crippen LogP contribution in [0.1, 0.15) is 51.3 Å². The molecule has 1 atom stereocenters. The van der Waals surface area contributed by atoms with Crippen LogP contribution in [-0.4, -0.2) is 31.1 Å². The Balaban J connectivity index is 1.60. The Labute approximate surface area is 170 Å². The van der Waals surface area contributed by atoms with Crippen molar-refractivity contribution in [3.05, 3.63) is 54.1 Å². The van der Waals surface area contributed by atoms with Crippen molar-refractivity contribution in [2.45, 2.75) is 70.8 Å². The van der Waals surface area contributed by atoms with Crippen LogP contribution in [-0.2, 0) is 11.0 Å². The predicted molar refractivity (Wildman–Crippen MR) is 118 cm³/mol. The van der Waals surface area contributed by atoms with Gasteiger partial charge in [0, 0.05) is 18.8 Å². The summed E-state index contributed by atoms with van der Waals surface area (Å²) in [6.07, 6.45) is 9.90. The van der Waals surface area contributed by atoms with Crippen LogP contribution in [0.2, 0.25) is 18.1 Å². The van der Waals surface area contributed by atoms with Gasteiger partial charge in [-0.3, -0.25) is 0 Å². The van der Waals surface area contributed by atoms with Crippen molar-refractivity contribution in [1.82, 2.24) is 9.55 Å². The first-order chi connectivity index (χ1) is 13.2. The van der Waals surface area contributed by atoms with E-state index in [1.165, 1.54) is 11.1 Å². The summed E-state index contributed by atoms with van der Waals surface area (Å²) in [5.74, 6) is 0.886. The van der Waals surface area contributed by atoms with Gasteiger partial charge in [0.15, 0.2) is 8.32 Å². The van der Waals surface area contributed by atoms with E-state index in [1.54, 1.807) is 7.11 Å². The fraction of sp³-hybridized carbons (Fsp3) is 0.522. The summed E-state index contributed by atoms with van der Waals surface area (Å²) >= 11 is 0. The van der Waals surface area contributed by atoms with E-state index in [1.807, 2.05) is 18.5 Å². The van der Waals surface area contributed by atoms with Crippen LogP contribution in [0.15, 0.2) is 42.9 Å². The molecule has 1 aliphatic rings. The van der Waals surface area contributed by atoms with E-state index in [0.717, 1.165) is 37.3 Å². The lowest BCUT2D eigenvalue weighted by Gasteiger charge is -2.40. The second-order valence-corrected chi connectivity index (χ2v) is 14.0. The van der Waals surface area contributed by atoms with Gasteiger partial charge >= 0.3 is 0 Å². The average molecular weight is 399 g/mol. The first-order valence-electron chi connectivity index (χ1n) is 10.2. The van der Waals surface area contributed by atoms with Gasteiger partial charge in [-0.15, -0.1) is 0 Å². The van der Waals surface area contributed by atoms with E-state index in [4.69, 9.17) is 9.16 Å². The molecular weight excluding hydrogens is 364 g/mol. The molecule has 0 bridgehead atoms. The first kappa shape index (κ1) is 20.9. The molecule has 0 saturated carbocycles. The number of hydrogen-bond acceptors (Lipinski definition) is 3. The molecule has 1 aromatic carbocycles. The van der Waals surface area contributed by atoms with Crippen molar-refractivity contribution in [3.8, 4) is 5.75 Å². The van der Waals surface area contributed by atoms with Gasteiger partial charge in [-0.25, -0.2) is 4.98 Å². The first-order valence-corrected chi connectivity index (χ1v) is 13.1. The molecule has 0 fully saturated rings. The molecule has 4 nitrogen and oxygen atoms in total. The fourth-order valence-corrected chi connectivity index (χ4v) is 4.70. The van der Waals surface area contributed by atoms with Gasteiger partial charge < -0.3 is 13.7 Å². The van der Waals surface area contributed by atoms with Crippen molar-refractivity contribution in [3.63, 3.8) is 0 Å². The lowest BCUT2D eigenvalue weighted by Crippen LogP contribution is -2.44. The van der Waals surface area contributed by atoms with Gasteiger partial charge in [-0.05, 0) is 60.7 Å². The van der Waals surface area contributed by atoms with Crippen molar-refractivity contribution in [2.24, 2.45) is 0 Å². The summed E-state index contributed by atoms with van der Waals surface area (Å²) in [6, 6.07) is 8.20. The molecule has 3 rings (SSSR count). The van der Waals surface area contributed by atoms with E-state index in [2.05, 4.69) is 67.8 Å². The molecule has 152 valence electrons. The van der Waals surface area contributed by atoms with Gasteiger partial charge in [0.05, 0.1) is 19.1 Å². The topological polar surface area (TPSA) is 36.3 Å². The van der Waals surface area contributed by atoms with E-state index >= 15 is 0 Å². The number of hydrogen-bond donors (Lipinski definition) is 0. The van der Waals surface area contributed by atoms with Crippen LogP contribution < -0.4 is 4.74 Å². The summed E-state index contributed by atoms with van der Waals surface area (Å²) in [4.78, 5) is 4.65. The van der Waals surface area contributed by atoms with Gasteiger partial charge in [0.25, 0.3) is 0 Å². The van der Waals surface area contributed by atoms with Gasteiger partial charge in [0.2, 0.25) is 0 Å². The van der Waals surface area contributed by atoms with E-state index in [9.17, 15) is 0 Å². The van der Waals surface area contributed by atoms with Crippen molar-refractivity contribution in [1.29, 1.82) is 0 Å². The summed E-state index contributed by atoms with van der Waals surface area (Å²) in [7, 11) is -0.00623. The molecule has 0 aliphatic heterocycles. The third-order valence-electron chi connectivity index (χ3n) is 6.12. The number of methoxy groups -OCH3 is 1. The van der Waals surface area contributed by atoms with Crippen molar-refractivity contribution < 1.29 is 9.16 Å². The van der Waals surface area contributed by atoms with Crippen LogP contribution in [0.5, 0.6) is 5.75 Å². The molecule has 0 spiro atoms. The lowest BCUT2D eigenvalue weighted by atomic mass is 9.95. The van der Waals surface area contributed by atoms with Crippen LogP contribution >= 0.6 is 0 Å². The maximum absolute atomic E-state index is 6.59. The van der Waals surface area contributed by atoms with E-state index < -0.39 is 8.32 Å². The summed E-state index contributed by atoms with van der Waals surface area (Å²) in [5, 5.41) is 0.261. The Morgan fingerprint density at radius 2 is 1.89 bits per heavy atom. The molecule has 28 heavy (non-hydrogen) atoms. The molecule has 0 radical (unpaired) electrons. The molecule has 5 heteroatoms. The third kappa shape index (κ3) is 4.95. The zero-order valence-electron chi connectivity index (χ0n) is 18.2. The zero-order chi connectivity index (χ0) is 20.4. The molecule has 0 amide bonds. The molecule has 1 heterocycles. The average Bonchev–Trinajstić information content (AvgIpc) is 3.10. The SMILES string of the molecule is COc1ccc(Cn2cnc(C3=CCC(O[Si](C)(C)C(C)(C)C)CC3)c2)cc1. The molecule has 0 saturated heterocycles. The smallest absolute Gasteiger partial charge is 0.192 e. The molecule has 2 aromatic rings. The highest BCUT2D eigenvalue weighted by Crippen LogP contribution is 2.39. The Hall–Kier alpha value is -1.85. The molecule has 1 unspecified atom stereocenters. The molecular formula is C23H34N2O2Si. The van der Waals surface area contributed by atoms with Crippen molar-refractivity contribution >= 4 is 13.9 Å². The molecule has 1 aliphatic carbocycles. The minimum absolute atomic E-state index is 0.261. The number of allylic oxidation sites excluding steroid dienone is 1. The van der Waals surface area contributed by atoms with Gasteiger partial charge in [-0.1, -0.05) is 39.0 Å². The second-order valence-electron chi connectivity index (χ2n) is 9.28. The minimum atomic E-state index is -1.70. The Morgan fingerprint density at radius 1 is 1.18 bits per heavy atom. The minimum Gasteiger partial charge on any atom is -0.497 e. The third-order valence-corrected chi connectivity index (χ3v) is 10.7. The van der Waals surface area contributed by atoms with Crippen LogP contribution in [0.4, 0.5) is 0 Å². The largest absolute Gasteiger partial charge is 0.497 e. The van der Waals surface area contributed by atoms with Crippen LogP contribution in [0, 0.1) is 0 Å². The lowest BCUT2D eigenvalue weighted by molar-refractivity contribution is 0.172. The van der Waals surface area contributed by atoms with Gasteiger partial charge in [0.1, 0.15) is 5.75 Å². The highest BCUT2D eigenvalue weighted by Gasteiger charge is 2.39. The van der Waals surface area contributed by atoms with Crippen LogP contribution in [0.25, 0.3) is 5.57 Å². The van der Waals surface area contributed by atoms with Crippen molar-refractivity contribution in [2.75, 3.05) is 7.11 Å². The van der Waals surface area contributed by atoms with E-state index in [0.29, 0.717) is 6.10 Å². The number of ether oxygens (including phenoxy) is 1. The molecule has 0 N–H and O–H groups in total. The monoisotopic (exact) mass is 398 g/mol. The Bertz CT molecular complexity index is 816. The standard InChI is InChI=1S/C23H34N2O2Si/c1-23(2,3)28(5,6)27-21-13-9-19(10-14-21)22-16-25(17-24-22)15-18-7-11-20(26-4)12-8-18/h7-9,11-12,16-17,21H,10,13-15H2,1-6H3. The number of imidazole rings is 1. The van der Waals surface area contributed by atoms with Gasteiger partial charge in [-0.2, -0.15) is 0 Å². The summed E-state index contributed by atoms with van der Waals surface area (Å²) in [6.45, 7) is 12.4. The number of benzene rings is 1. The summed E-state index contributed by atoms with van der Waals surface area (Å²) in [5.41, 5.74) is 3.69. The quantitative estimate of drug-likeness (QED) is 0.569. The summed E-state index contributed by atoms with van der Waals surface area (Å²) < 4.78 is 14.0. The highest BCUT2D eigenvalue weighted by molar-refractivity contribution is 6.74. The highest BCUT2D eigenvalue weighted by atomic mass is 28.4. The molecule has 1 aromatic heterocycles. The number of rotatable bonds is 6. The maximum atomic E-state index is 6.59. The zero-order valence-corrected chi connectivity index (χ0v) is 19.2. The predicted octanol–water partition coefficient (Wildman–Crippen LogP) is 5.90. The Kier molecular flexibility index (Phi) is 6.15.